The van der Waals surface area contributed by atoms with Crippen molar-refractivity contribution in [1.29, 1.82) is 0 Å². The van der Waals surface area contributed by atoms with Crippen molar-refractivity contribution in [3.63, 3.8) is 0 Å². The van der Waals surface area contributed by atoms with E-state index in [1.54, 1.807) is 0 Å². The molecule has 0 spiro atoms. The summed E-state index contributed by atoms with van der Waals surface area (Å²) in [5, 5.41) is 0. The van der Waals surface area contributed by atoms with Crippen LogP contribution in [-0.2, 0) is 20.2 Å². The molecule has 0 radical (unpaired) electrons. The topological polar surface area (TPSA) is 109 Å². The van der Waals surface area contributed by atoms with Gasteiger partial charge >= 0.3 is 0 Å². The first-order chi connectivity index (χ1) is 6.62. The molecule has 0 aromatic rings. The molecule has 0 saturated heterocycles. The lowest BCUT2D eigenvalue weighted by Gasteiger charge is -1.90. The van der Waals surface area contributed by atoms with Crippen LogP contribution in [0, 0.1) is 0 Å². The van der Waals surface area contributed by atoms with Gasteiger partial charge in [-0.25, -0.2) is 0 Å². The van der Waals surface area contributed by atoms with Crippen molar-refractivity contribution in [2.75, 3.05) is 11.5 Å². The third-order valence-electron chi connectivity index (χ3n) is 1.08. The molecular weight excluding hydrogens is 244 g/mol. The summed E-state index contributed by atoms with van der Waals surface area (Å²) in [6.45, 7) is 4.97. The van der Waals surface area contributed by atoms with E-state index in [-0.39, 0.29) is 11.5 Å². The minimum Gasteiger partial charge on any atom is -0.286 e. The van der Waals surface area contributed by atoms with Gasteiger partial charge in [-0.05, 0) is 6.42 Å². The zero-order valence-electron chi connectivity index (χ0n) is 8.46. The van der Waals surface area contributed by atoms with Crippen molar-refractivity contribution in [3.8, 4) is 0 Å². The molecule has 0 saturated carbocycles. The van der Waals surface area contributed by atoms with Gasteiger partial charge in [-0.2, -0.15) is 16.8 Å². The molecule has 8 heteroatoms. The third kappa shape index (κ3) is 24.7. The summed E-state index contributed by atoms with van der Waals surface area (Å²) in [4.78, 5) is 0. The first kappa shape index (κ1) is 17.0. The summed E-state index contributed by atoms with van der Waals surface area (Å²) >= 11 is 0. The van der Waals surface area contributed by atoms with E-state index in [0.29, 0.717) is 6.42 Å². The van der Waals surface area contributed by atoms with Crippen molar-refractivity contribution in [2.45, 2.75) is 19.8 Å². The fraction of sp³-hybridized carbons (Fsp3) is 0.714. The molecule has 0 atom stereocenters. The second kappa shape index (κ2) is 7.80. The van der Waals surface area contributed by atoms with E-state index in [2.05, 4.69) is 6.58 Å². The number of hydrogen-bond donors (Lipinski definition) is 2. The quantitative estimate of drug-likeness (QED) is 0.557. The average Bonchev–Trinajstić information content (AvgIpc) is 1.98. The van der Waals surface area contributed by atoms with Gasteiger partial charge in [0.05, 0.1) is 11.5 Å². The Morgan fingerprint density at radius 1 is 1.13 bits per heavy atom. The van der Waals surface area contributed by atoms with Crippen LogP contribution in [0.3, 0.4) is 0 Å². The number of hydrogen-bond acceptors (Lipinski definition) is 4. The Hall–Kier alpha value is -0.440. The minimum absolute atomic E-state index is 0.108. The first-order valence-corrected chi connectivity index (χ1v) is 7.35. The van der Waals surface area contributed by atoms with Crippen molar-refractivity contribution in [1.82, 2.24) is 0 Å². The molecule has 15 heavy (non-hydrogen) atoms. The van der Waals surface area contributed by atoms with Crippen LogP contribution in [0.25, 0.3) is 0 Å². The van der Waals surface area contributed by atoms with Crippen molar-refractivity contribution in [2.24, 2.45) is 0 Å². The fourth-order valence-corrected chi connectivity index (χ4v) is 1.43. The van der Waals surface area contributed by atoms with Crippen LogP contribution in [0.15, 0.2) is 12.7 Å². The zero-order valence-corrected chi connectivity index (χ0v) is 10.1. The highest BCUT2D eigenvalue weighted by molar-refractivity contribution is 7.86. The molecule has 0 aliphatic rings. The molecule has 92 valence electrons. The standard InChI is InChI=1S/C4H10O3S.C3H6O3S/c1-2-3-4-8(5,6)7;1-2-3-7(4,5)6/h2-4H2,1H3,(H,5,6,7);2H,1,3H2,(H,4,5,6). The molecule has 0 aliphatic heterocycles. The van der Waals surface area contributed by atoms with Gasteiger partial charge in [0.2, 0.25) is 0 Å². The van der Waals surface area contributed by atoms with Gasteiger partial charge in [0.15, 0.2) is 0 Å². The Morgan fingerprint density at radius 2 is 1.60 bits per heavy atom. The van der Waals surface area contributed by atoms with Crippen LogP contribution in [0.5, 0.6) is 0 Å². The van der Waals surface area contributed by atoms with Crippen molar-refractivity contribution in [3.05, 3.63) is 12.7 Å². The normalized spacial score (nSPS) is 11.4. The SMILES string of the molecule is C=CCS(=O)(=O)O.CCCCS(=O)(=O)O. The number of unbranched alkanes of at least 4 members (excludes halogenated alkanes) is 1. The maximum Gasteiger partial charge on any atom is 0.268 e. The molecule has 0 unspecified atom stereocenters. The molecule has 0 aliphatic carbocycles. The van der Waals surface area contributed by atoms with Crippen molar-refractivity contribution >= 4 is 20.2 Å². The largest absolute Gasteiger partial charge is 0.286 e. The highest BCUT2D eigenvalue weighted by Gasteiger charge is 2.00. The molecule has 0 aromatic carbocycles. The highest BCUT2D eigenvalue weighted by Crippen LogP contribution is 1.90. The highest BCUT2D eigenvalue weighted by atomic mass is 32.2. The van der Waals surface area contributed by atoms with Gasteiger partial charge in [0.1, 0.15) is 0 Å². The van der Waals surface area contributed by atoms with E-state index in [1.165, 1.54) is 0 Å². The van der Waals surface area contributed by atoms with Crippen LogP contribution in [0.4, 0.5) is 0 Å². The Bertz CT molecular complexity index is 353. The monoisotopic (exact) mass is 260 g/mol. The molecule has 0 heterocycles. The third-order valence-corrected chi connectivity index (χ3v) is 2.55. The van der Waals surface area contributed by atoms with Crippen LogP contribution in [0.2, 0.25) is 0 Å². The molecule has 0 bridgehead atoms. The molecule has 0 amide bonds. The van der Waals surface area contributed by atoms with E-state index >= 15 is 0 Å². The Kier molecular flexibility index (Phi) is 8.83. The summed E-state index contributed by atoms with van der Waals surface area (Å²) in [6, 6.07) is 0. The lowest BCUT2D eigenvalue weighted by Crippen LogP contribution is -2.02. The van der Waals surface area contributed by atoms with E-state index in [0.717, 1.165) is 12.5 Å². The summed E-state index contributed by atoms with van der Waals surface area (Å²) < 4.78 is 55.4. The summed E-state index contributed by atoms with van der Waals surface area (Å²) in [6.07, 6.45) is 2.45. The van der Waals surface area contributed by atoms with Crippen LogP contribution in [0.1, 0.15) is 19.8 Å². The average molecular weight is 260 g/mol. The second-order valence-electron chi connectivity index (χ2n) is 2.68. The smallest absolute Gasteiger partial charge is 0.268 e. The van der Waals surface area contributed by atoms with E-state index in [9.17, 15) is 16.8 Å². The van der Waals surface area contributed by atoms with Crippen LogP contribution < -0.4 is 0 Å². The van der Waals surface area contributed by atoms with Gasteiger partial charge in [0.25, 0.3) is 20.2 Å². The minimum atomic E-state index is -3.79. The molecule has 6 nitrogen and oxygen atoms in total. The van der Waals surface area contributed by atoms with Gasteiger partial charge in [-0.15, -0.1) is 6.58 Å². The maximum absolute atomic E-state index is 9.95. The van der Waals surface area contributed by atoms with Crippen LogP contribution >= 0.6 is 0 Å². The Morgan fingerprint density at radius 3 is 1.67 bits per heavy atom. The van der Waals surface area contributed by atoms with Crippen LogP contribution in [-0.4, -0.2) is 37.4 Å². The summed E-state index contributed by atoms with van der Waals surface area (Å²) in [7, 11) is -7.48. The number of rotatable bonds is 5. The summed E-state index contributed by atoms with van der Waals surface area (Å²) in [5.74, 6) is -0.476. The first-order valence-electron chi connectivity index (χ1n) is 4.13. The van der Waals surface area contributed by atoms with Gasteiger partial charge in [-0.3, -0.25) is 9.11 Å². The van der Waals surface area contributed by atoms with E-state index < -0.39 is 20.2 Å². The summed E-state index contributed by atoms with van der Waals surface area (Å²) in [5.41, 5.74) is 0. The maximum atomic E-state index is 9.95. The lowest BCUT2D eigenvalue weighted by atomic mass is 10.4. The Balaban J connectivity index is 0. The van der Waals surface area contributed by atoms with E-state index in [1.807, 2.05) is 6.92 Å². The molecule has 2 N–H and O–H groups in total. The molecule has 0 rings (SSSR count). The van der Waals surface area contributed by atoms with Crippen molar-refractivity contribution < 1.29 is 25.9 Å². The molecule has 0 aromatic heterocycles. The van der Waals surface area contributed by atoms with Gasteiger partial charge in [0, 0.05) is 0 Å². The lowest BCUT2D eigenvalue weighted by molar-refractivity contribution is 0.480. The predicted molar refractivity (Wildman–Crippen MR) is 57.9 cm³/mol. The molecular formula is C7H16O6S2. The van der Waals surface area contributed by atoms with Gasteiger partial charge < -0.3 is 0 Å². The fourth-order valence-electron chi connectivity index (χ4n) is 0.476. The second-order valence-corrected chi connectivity index (χ2v) is 5.75. The predicted octanol–water partition coefficient (Wildman–Crippen LogP) is 0.735. The van der Waals surface area contributed by atoms with E-state index in [4.69, 9.17) is 9.11 Å². The zero-order chi connectivity index (χ0) is 12.5. The Labute approximate surface area is 90.5 Å². The molecule has 0 fully saturated rings. The van der Waals surface area contributed by atoms with Gasteiger partial charge in [-0.1, -0.05) is 19.4 Å².